The first-order chi connectivity index (χ1) is 14.5. The molecule has 30 heavy (non-hydrogen) atoms. The van der Waals surface area contributed by atoms with Crippen molar-refractivity contribution < 1.29 is 13.9 Å². The number of halogens is 1. The molecule has 3 aromatic carbocycles. The van der Waals surface area contributed by atoms with E-state index in [0.717, 1.165) is 22.3 Å². The Morgan fingerprint density at radius 2 is 1.73 bits per heavy atom. The van der Waals surface area contributed by atoms with Gasteiger partial charge in [0.25, 0.3) is 0 Å². The van der Waals surface area contributed by atoms with Crippen molar-refractivity contribution in [3.05, 3.63) is 92.6 Å². The van der Waals surface area contributed by atoms with Crippen molar-refractivity contribution in [2.45, 2.75) is 20.5 Å². The van der Waals surface area contributed by atoms with Crippen LogP contribution in [0.4, 0.5) is 0 Å². The standard InChI is InChI=1S/C25H21ClO4/c1-15-12-16(2)22-21(13-15)30-24(17-8-10-19(28-3)11-9-17)25(23(22)27)29-14-18-6-4-5-7-20(18)26/h4-13H,14H2,1-3H3. The maximum atomic E-state index is 13.4. The Labute approximate surface area is 179 Å². The van der Waals surface area contributed by atoms with Gasteiger partial charge in [-0.2, -0.15) is 0 Å². The van der Waals surface area contributed by atoms with E-state index >= 15 is 0 Å². The van der Waals surface area contributed by atoms with Gasteiger partial charge in [0.1, 0.15) is 17.9 Å². The number of ether oxygens (including phenoxy) is 2. The number of aryl methyl sites for hydroxylation is 2. The molecule has 0 aliphatic heterocycles. The van der Waals surface area contributed by atoms with Crippen molar-refractivity contribution in [3.63, 3.8) is 0 Å². The highest BCUT2D eigenvalue weighted by atomic mass is 35.5. The van der Waals surface area contributed by atoms with Crippen molar-refractivity contribution in [2.75, 3.05) is 7.11 Å². The maximum absolute atomic E-state index is 13.4. The molecule has 1 aromatic heterocycles. The number of fused-ring (bicyclic) bond motifs is 1. The molecule has 1 heterocycles. The van der Waals surface area contributed by atoms with E-state index < -0.39 is 0 Å². The van der Waals surface area contributed by atoms with Gasteiger partial charge < -0.3 is 13.9 Å². The lowest BCUT2D eigenvalue weighted by Crippen LogP contribution is -2.11. The maximum Gasteiger partial charge on any atom is 0.235 e. The summed E-state index contributed by atoms with van der Waals surface area (Å²) in [5, 5.41) is 1.10. The lowest BCUT2D eigenvalue weighted by Gasteiger charge is -2.14. The Hall–Kier alpha value is -3.24. The van der Waals surface area contributed by atoms with Gasteiger partial charge in [-0.3, -0.25) is 4.79 Å². The van der Waals surface area contributed by atoms with Crippen LogP contribution in [0.15, 0.2) is 69.9 Å². The predicted octanol–water partition coefficient (Wildman–Crippen LogP) is 6.32. The molecule has 0 atom stereocenters. The zero-order valence-corrected chi connectivity index (χ0v) is 17.7. The van der Waals surface area contributed by atoms with Crippen LogP contribution in [0.25, 0.3) is 22.3 Å². The highest BCUT2D eigenvalue weighted by molar-refractivity contribution is 6.31. The van der Waals surface area contributed by atoms with E-state index in [9.17, 15) is 4.79 Å². The van der Waals surface area contributed by atoms with E-state index in [1.165, 1.54) is 0 Å². The van der Waals surface area contributed by atoms with Gasteiger partial charge in [-0.15, -0.1) is 0 Å². The van der Waals surface area contributed by atoms with Gasteiger partial charge in [-0.1, -0.05) is 35.9 Å². The van der Waals surface area contributed by atoms with Gasteiger partial charge in [0.2, 0.25) is 11.2 Å². The molecule has 0 fully saturated rings. The first kappa shape index (κ1) is 20.0. The summed E-state index contributed by atoms with van der Waals surface area (Å²) < 4.78 is 17.5. The largest absolute Gasteiger partial charge is 0.497 e. The predicted molar refractivity (Wildman–Crippen MR) is 120 cm³/mol. The van der Waals surface area contributed by atoms with Crippen LogP contribution in [0.2, 0.25) is 5.02 Å². The van der Waals surface area contributed by atoms with E-state index in [0.29, 0.717) is 27.5 Å². The SMILES string of the molecule is COc1ccc(-c2oc3cc(C)cc(C)c3c(=O)c2OCc2ccccc2Cl)cc1. The molecule has 0 N–H and O–H groups in total. The third kappa shape index (κ3) is 3.79. The minimum Gasteiger partial charge on any atom is -0.497 e. The number of rotatable bonds is 5. The Kier molecular flexibility index (Phi) is 5.51. The summed E-state index contributed by atoms with van der Waals surface area (Å²) >= 11 is 6.26. The van der Waals surface area contributed by atoms with Crippen molar-refractivity contribution >= 4 is 22.6 Å². The summed E-state index contributed by atoms with van der Waals surface area (Å²) in [7, 11) is 1.61. The molecule has 4 rings (SSSR count). The lowest BCUT2D eigenvalue weighted by molar-refractivity contribution is 0.298. The molecule has 0 unspecified atom stereocenters. The minimum atomic E-state index is -0.202. The van der Waals surface area contributed by atoms with Crippen LogP contribution in [0.3, 0.4) is 0 Å². The second-order valence-corrected chi connectivity index (χ2v) is 7.56. The van der Waals surface area contributed by atoms with E-state index in [2.05, 4.69) is 0 Å². The number of hydrogen-bond acceptors (Lipinski definition) is 4. The Morgan fingerprint density at radius 3 is 2.43 bits per heavy atom. The van der Waals surface area contributed by atoms with Crippen LogP contribution < -0.4 is 14.9 Å². The zero-order valence-electron chi connectivity index (χ0n) is 17.0. The molecule has 0 saturated carbocycles. The molecule has 0 aliphatic carbocycles. The molecule has 152 valence electrons. The van der Waals surface area contributed by atoms with Crippen molar-refractivity contribution in [2.24, 2.45) is 0 Å². The fourth-order valence-corrected chi connectivity index (χ4v) is 3.69. The average molecular weight is 421 g/mol. The molecule has 0 radical (unpaired) electrons. The van der Waals surface area contributed by atoms with Crippen LogP contribution in [0.1, 0.15) is 16.7 Å². The summed E-state index contributed by atoms with van der Waals surface area (Å²) in [6, 6.07) is 18.5. The van der Waals surface area contributed by atoms with Crippen LogP contribution >= 0.6 is 11.6 Å². The van der Waals surface area contributed by atoms with Crippen LogP contribution in [0.5, 0.6) is 11.5 Å². The van der Waals surface area contributed by atoms with Crippen molar-refractivity contribution in [3.8, 4) is 22.8 Å². The Bertz CT molecular complexity index is 1270. The van der Waals surface area contributed by atoms with E-state index in [4.69, 9.17) is 25.5 Å². The second-order valence-electron chi connectivity index (χ2n) is 7.15. The minimum absolute atomic E-state index is 0.157. The third-order valence-corrected chi connectivity index (χ3v) is 5.35. The first-order valence-corrected chi connectivity index (χ1v) is 9.94. The summed E-state index contributed by atoms with van der Waals surface area (Å²) in [6.07, 6.45) is 0. The smallest absolute Gasteiger partial charge is 0.235 e. The van der Waals surface area contributed by atoms with Crippen molar-refractivity contribution in [1.29, 1.82) is 0 Å². The summed E-state index contributed by atoms with van der Waals surface area (Å²) in [5.74, 6) is 1.26. The summed E-state index contributed by atoms with van der Waals surface area (Å²) in [5.41, 5.74) is 3.72. The molecule has 4 aromatic rings. The van der Waals surface area contributed by atoms with Gasteiger partial charge in [0, 0.05) is 16.1 Å². The van der Waals surface area contributed by atoms with Gasteiger partial charge in [0.05, 0.1) is 12.5 Å². The Morgan fingerprint density at radius 1 is 1.00 bits per heavy atom. The van der Waals surface area contributed by atoms with Crippen LogP contribution in [-0.2, 0) is 6.61 Å². The third-order valence-electron chi connectivity index (χ3n) is 4.98. The molecular weight excluding hydrogens is 400 g/mol. The number of benzene rings is 3. The normalized spacial score (nSPS) is 10.9. The quantitative estimate of drug-likeness (QED) is 0.379. The zero-order chi connectivity index (χ0) is 21.3. The van der Waals surface area contributed by atoms with Crippen LogP contribution in [-0.4, -0.2) is 7.11 Å². The fourth-order valence-electron chi connectivity index (χ4n) is 3.50. The first-order valence-electron chi connectivity index (χ1n) is 9.56. The van der Waals surface area contributed by atoms with Crippen molar-refractivity contribution in [1.82, 2.24) is 0 Å². The highest BCUT2D eigenvalue weighted by Crippen LogP contribution is 2.34. The molecule has 0 spiro atoms. The van der Waals surface area contributed by atoms with E-state index in [1.54, 1.807) is 13.2 Å². The van der Waals surface area contributed by atoms with E-state index in [1.807, 2.05) is 68.4 Å². The van der Waals surface area contributed by atoms with Gasteiger partial charge in [-0.25, -0.2) is 0 Å². The lowest BCUT2D eigenvalue weighted by atomic mass is 10.0. The molecule has 0 saturated heterocycles. The van der Waals surface area contributed by atoms with Gasteiger partial charge in [0.15, 0.2) is 5.76 Å². The van der Waals surface area contributed by atoms with Gasteiger partial charge in [-0.05, 0) is 61.4 Å². The molecule has 0 aliphatic rings. The molecular formula is C25H21ClO4. The van der Waals surface area contributed by atoms with Crippen LogP contribution in [0, 0.1) is 13.8 Å². The number of methoxy groups -OCH3 is 1. The second kappa shape index (κ2) is 8.25. The molecule has 0 bridgehead atoms. The summed E-state index contributed by atoms with van der Waals surface area (Å²) in [6.45, 7) is 4.03. The highest BCUT2D eigenvalue weighted by Gasteiger charge is 2.20. The topological polar surface area (TPSA) is 48.7 Å². The molecule has 5 heteroatoms. The van der Waals surface area contributed by atoms with E-state index in [-0.39, 0.29) is 17.8 Å². The fraction of sp³-hybridized carbons (Fsp3) is 0.160. The average Bonchev–Trinajstić information content (AvgIpc) is 2.73. The molecule has 0 amide bonds. The Balaban J connectivity index is 1.89. The van der Waals surface area contributed by atoms with Gasteiger partial charge >= 0.3 is 0 Å². The molecule has 4 nitrogen and oxygen atoms in total. The number of hydrogen-bond donors (Lipinski definition) is 0. The monoisotopic (exact) mass is 420 g/mol. The summed E-state index contributed by atoms with van der Waals surface area (Å²) in [4.78, 5) is 13.4.